The average molecular weight is 443 g/mol. The molecule has 0 aromatic rings. The molecular formula is C18H37NO11. The molecule has 0 saturated heterocycles. The van der Waals surface area contributed by atoms with E-state index in [1.165, 1.54) is 14.2 Å². The van der Waals surface area contributed by atoms with E-state index in [9.17, 15) is 9.59 Å². The number of carbonyl (C=O) groups is 2. The zero-order valence-electron chi connectivity index (χ0n) is 18.1. The first kappa shape index (κ1) is 30.7. The SMILES string of the molecule is CCC(CO)OC(CO)OC.CCC(COC(=O)NCCC(=O)O)OC(CO)OC. The number of carboxylic acids is 1. The molecule has 0 fully saturated rings. The molecule has 0 aliphatic heterocycles. The van der Waals surface area contributed by atoms with Crippen molar-refractivity contribution < 1.29 is 53.7 Å². The summed E-state index contributed by atoms with van der Waals surface area (Å²) in [4.78, 5) is 21.4. The lowest BCUT2D eigenvalue weighted by Gasteiger charge is -2.21. The van der Waals surface area contributed by atoms with Crippen LogP contribution in [-0.2, 0) is 28.5 Å². The number of aliphatic carboxylic acids is 1. The minimum absolute atomic E-state index is 0.00313. The fraction of sp³-hybridized carbons (Fsp3) is 0.889. The molecule has 0 aliphatic carbocycles. The number of ether oxygens (including phenoxy) is 5. The number of amides is 1. The molecule has 0 rings (SSSR count). The molecule has 0 heterocycles. The van der Waals surface area contributed by atoms with Crippen molar-refractivity contribution in [3.8, 4) is 0 Å². The Bertz CT molecular complexity index is 403. The molecule has 12 heteroatoms. The maximum atomic E-state index is 11.2. The van der Waals surface area contributed by atoms with Gasteiger partial charge in [-0.2, -0.15) is 0 Å². The Balaban J connectivity index is 0. The molecular weight excluding hydrogens is 406 g/mol. The third-order valence-corrected chi connectivity index (χ3v) is 3.64. The second kappa shape index (κ2) is 20.7. The molecule has 30 heavy (non-hydrogen) atoms. The van der Waals surface area contributed by atoms with Crippen molar-refractivity contribution in [3.05, 3.63) is 0 Å². The predicted octanol–water partition coefficient (Wildman–Crippen LogP) is -0.314. The van der Waals surface area contributed by atoms with E-state index in [1.54, 1.807) is 0 Å². The highest BCUT2D eigenvalue weighted by atomic mass is 16.7. The summed E-state index contributed by atoms with van der Waals surface area (Å²) in [6, 6.07) is 0. The lowest BCUT2D eigenvalue weighted by Crippen LogP contribution is -2.33. The van der Waals surface area contributed by atoms with Crippen LogP contribution in [0, 0.1) is 0 Å². The standard InChI is InChI=1S/C11H21NO7.C7H16O4/c1-3-8(19-10(6-13)17-2)7-18-11(16)12-5-4-9(14)15;1-3-6(4-8)11-7(5-9)10-2/h8,10,13H,3-7H2,1-2H3,(H,12,16)(H,14,15);6-9H,3-5H2,1-2H3. The van der Waals surface area contributed by atoms with Gasteiger partial charge < -0.3 is 49.4 Å². The summed E-state index contributed by atoms with van der Waals surface area (Å²) in [5, 5.41) is 36.9. The van der Waals surface area contributed by atoms with Crippen LogP contribution in [0.3, 0.4) is 0 Å². The summed E-state index contributed by atoms with van der Waals surface area (Å²) in [7, 11) is 2.85. The Morgan fingerprint density at radius 2 is 1.37 bits per heavy atom. The highest BCUT2D eigenvalue weighted by molar-refractivity contribution is 5.70. The summed E-state index contributed by atoms with van der Waals surface area (Å²) in [5.41, 5.74) is 0. The maximum Gasteiger partial charge on any atom is 0.407 e. The molecule has 0 bridgehead atoms. The zero-order chi connectivity index (χ0) is 23.4. The summed E-state index contributed by atoms with van der Waals surface area (Å²) in [5.74, 6) is -0.999. The quantitative estimate of drug-likeness (QED) is 0.198. The van der Waals surface area contributed by atoms with Crippen LogP contribution in [-0.4, -0.2) is 104 Å². The van der Waals surface area contributed by atoms with Gasteiger partial charge in [0, 0.05) is 20.8 Å². The van der Waals surface area contributed by atoms with Gasteiger partial charge in [-0.1, -0.05) is 13.8 Å². The van der Waals surface area contributed by atoms with Crippen molar-refractivity contribution in [1.29, 1.82) is 0 Å². The van der Waals surface area contributed by atoms with Gasteiger partial charge >= 0.3 is 12.1 Å². The van der Waals surface area contributed by atoms with E-state index in [-0.39, 0.29) is 45.5 Å². The van der Waals surface area contributed by atoms with Crippen LogP contribution < -0.4 is 5.32 Å². The number of aliphatic hydroxyl groups excluding tert-OH is 3. The van der Waals surface area contributed by atoms with E-state index in [0.29, 0.717) is 12.8 Å². The highest BCUT2D eigenvalue weighted by Gasteiger charge is 2.16. The Morgan fingerprint density at radius 1 is 0.867 bits per heavy atom. The molecule has 12 nitrogen and oxygen atoms in total. The van der Waals surface area contributed by atoms with Crippen LogP contribution in [0.5, 0.6) is 0 Å². The topological polar surface area (TPSA) is 173 Å². The van der Waals surface area contributed by atoms with E-state index in [0.717, 1.165) is 0 Å². The van der Waals surface area contributed by atoms with Crippen LogP contribution in [0.2, 0.25) is 0 Å². The number of aliphatic hydroxyl groups is 3. The van der Waals surface area contributed by atoms with Crippen molar-refractivity contribution in [3.63, 3.8) is 0 Å². The Kier molecular flexibility index (Phi) is 21.2. The number of alkyl carbamates (subject to hydrolysis) is 1. The van der Waals surface area contributed by atoms with E-state index >= 15 is 0 Å². The van der Waals surface area contributed by atoms with Gasteiger partial charge in [0.1, 0.15) is 6.61 Å². The smallest absolute Gasteiger partial charge is 0.407 e. The lowest BCUT2D eigenvalue weighted by molar-refractivity contribution is -0.181. The first-order valence-corrected chi connectivity index (χ1v) is 9.62. The number of hydrogen-bond donors (Lipinski definition) is 5. The van der Waals surface area contributed by atoms with Gasteiger partial charge in [0.15, 0.2) is 12.6 Å². The van der Waals surface area contributed by atoms with Crippen molar-refractivity contribution in [1.82, 2.24) is 5.32 Å². The van der Waals surface area contributed by atoms with Crippen LogP contribution in [0.1, 0.15) is 33.1 Å². The maximum absolute atomic E-state index is 11.2. The van der Waals surface area contributed by atoms with Crippen molar-refractivity contribution >= 4 is 12.1 Å². The van der Waals surface area contributed by atoms with E-state index in [1.807, 2.05) is 13.8 Å². The summed E-state index contributed by atoms with van der Waals surface area (Å²) in [6.45, 7) is 3.20. The largest absolute Gasteiger partial charge is 0.481 e. The number of nitrogens with one attached hydrogen (secondary N) is 1. The average Bonchev–Trinajstić information content (AvgIpc) is 2.75. The number of methoxy groups -OCH3 is 2. The van der Waals surface area contributed by atoms with Crippen molar-refractivity contribution in [2.24, 2.45) is 0 Å². The molecule has 0 aliphatic rings. The Morgan fingerprint density at radius 3 is 1.73 bits per heavy atom. The first-order valence-electron chi connectivity index (χ1n) is 9.62. The first-order chi connectivity index (χ1) is 14.3. The summed E-state index contributed by atoms with van der Waals surface area (Å²) in [6.07, 6.45) is -1.62. The molecule has 180 valence electrons. The van der Waals surface area contributed by atoms with Gasteiger partial charge in [-0.15, -0.1) is 0 Å². The molecule has 4 unspecified atom stereocenters. The molecule has 0 aromatic heterocycles. The molecule has 5 N–H and O–H groups in total. The number of carboxylic acid groups (broad SMARTS) is 1. The zero-order valence-corrected chi connectivity index (χ0v) is 18.1. The van der Waals surface area contributed by atoms with Gasteiger partial charge in [-0.3, -0.25) is 4.79 Å². The molecule has 0 radical (unpaired) electrons. The van der Waals surface area contributed by atoms with Gasteiger partial charge in [0.05, 0.1) is 38.4 Å². The Labute approximate surface area is 177 Å². The minimum atomic E-state index is -0.999. The molecule has 1 amide bonds. The summed E-state index contributed by atoms with van der Waals surface area (Å²) < 4.78 is 24.9. The molecule has 4 atom stereocenters. The van der Waals surface area contributed by atoms with Crippen molar-refractivity contribution in [2.75, 3.05) is 47.2 Å². The van der Waals surface area contributed by atoms with Crippen molar-refractivity contribution in [2.45, 2.75) is 57.9 Å². The van der Waals surface area contributed by atoms with Gasteiger partial charge in [0.25, 0.3) is 0 Å². The summed E-state index contributed by atoms with van der Waals surface area (Å²) >= 11 is 0. The monoisotopic (exact) mass is 443 g/mol. The van der Waals surface area contributed by atoms with E-state index in [4.69, 9.17) is 44.1 Å². The number of carbonyl (C=O) groups excluding carboxylic acids is 1. The van der Waals surface area contributed by atoms with Crippen LogP contribution >= 0.6 is 0 Å². The Hall–Kier alpha value is -1.54. The molecule has 0 saturated carbocycles. The second-order valence-corrected chi connectivity index (χ2v) is 5.88. The van der Waals surface area contributed by atoms with Gasteiger partial charge in [0.2, 0.25) is 0 Å². The fourth-order valence-corrected chi connectivity index (χ4v) is 1.79. The van der Waals surface area contributed by atoms with Gasteiger partial charge in [-0.25, -0.2) is 4.79 Å². The van der Waals surface area contributed by atoms with E-state index in [2.05, 4.69) is 5.32 Å². The molecule has 0 aromatic carbocycles. The minimum Gasteiger partial charge on any atom is -0.481 e. The van der Waals surface area contributed by atoms with Crippen LogP contribution in [0.15, 0.2) is 0 Å². The predicted molar refractivity (Wildman–Crippen MR) is 105 cm³/mol. The lowest BCUT2D eigenvalue weighted by atomic mass is 10.3. The van der Waals surface area contributed by atoms with Crippen LogP contribution in [0.25, 0.3) is 0 Å². The van der Waals surface area contributed by atoms with E-state index < -0.39 is 30.7 Å². The van der Waals surface area contributed by atoms with Crippen LogP contribution in [0.4, 0.5) is 4.79 Å². The molecule has 0 spiro atoms. The number of rotatable bonds is 16. The van der Waals surface area contributed by atoms with Gasteiger partial charge in [-0.05, 0) is 12.8 Å². The third-order valence-electron chi connectivity index (χ3n) is 3.64. The fourth-order valence-electron chi connectivity index (χ4n) is 1.79. The normalized spacial score (nSPS) is 14.6. The highest BCUT2D eigenvalue weighted by Crippen LogP contribution is 2.04. The third kappa shape index (κ3) is 17.3. The second-order valence-electron chi connectivity index (χ2n) is 5.88. The number of hydrogen-bond acceptors (Lipinski definition) is 10.